The lowest BCUT2D eigenvalue weighted by Crippen LogP contribution is -2.48. The van der Waals surface area contributed by atoms with Crippen LogP contribution in [0.5, 0.6) is 0 Å². The number of cyclic esters (lactones) is 2. The Labute approximate surface area is 121 Å². The van der Waals surface area contributed by atoms with Crippen LogP contribution in [-0.4, -0.2) is 26.4 Å². The van der Waals surface area contributed by atoms with Gasteiger partial charge in [0.05, 0.1) is 17.9 Å². The maximum atomic E-state index is 12.0. The average Bonchev–Trinajstić information content (AvgIpc) is 2.57. The molecule has 0 amide bonds. The molecule has 0 aromatic carbocycles. The Kier molecular flexibility index (Phi) is 3.71. The molecule has 0 unspecified atom stereocenters. The molecule has 0 spiro atoms. The fraction of sp³-hybridized carbons (Fsp3) is 0.733. The fourth-order valence-electron chi connectivity index (χ4n) is 2.56. The quantitative estimate of drug-likeness (QED) is 0.340. The van der Waals surface area contributed by atoms with Gasteiger partial charge in [0.15, 0.2) is 8.32 Å². The highest BCUT2D eigenvalue weighted by Gasteiger charge is 2.53. The third-order valence-corrected chi connectivity index (χ3v) is 9.37. The molecule has 0 N–H and O–H groups in total. The van der Waals surface area contributed by atoms with Crippen LogP contribution in [0.3, 0.4) is 0 Å². The molecule has 0 radical (unpaired) electrons. The number of rotatable bonds is 2. The van der Waals surface area contributed by atoms with Crippen molar-refractivity contribution in [3.05, 3.63) is 12.2 Å². The first-order valence-electron chi connectivity index (χ1n) is 7.16. The van der Waals surface area contributed by atoms with Crippen LogP contribution in [0.15, 0.2) is 12.2 Å². The fourth-order valence-corrected chi connectivity index (χ4v) is 3.82. The highest BCUT2D eigenvalue weighted by atomic mass is 28.4. The molecule has 4 nitrogen and oxygen atoms in total. The maximum Gasteiger partial charge on any atom is 0.320 e. The van der Waals surface area contributed by atoms with Crippen LogP contribution in [0.25, 0.3) is 0 Å². The van der Waals surface area contributed by atoms with Gasteiger partial charge in [0.1, 0.15) is 0 Å². The Morgan fingerprint density at radius 2 is 1.65 bits per heavy atom. The van der Waals surface area contributed by atoms with Crippen LogP contribution in [0, 0.1) is 17.8 Å². The maximum absolute atomic E-state index is 12.0. The van der Waals surface area contributed by atoms with Gasteiger partial charge in [-0.1, -0.05) is 39.8 Å². The Bertz CT molecular complexity index is 461. The van der Waals surface area contributed by atoms with E-state index in [4.69, 9.17) is 9.16 Å². The Hall–Kier alpha value is -0.943. The van der Waals surface area contributed by atoms with E-state index in [-0.39, 0.29) is 23.0 Å². The predicted octanol–water partition coefficient (Wildman–Crippen LogP) is 2.90. The van der Waals surface area contributed by atoms with E-state index in [0.29, 0.717) is 0 Å². The van der Waals surface area contributed by atoms with Crippen molar-refractivity contribution in [3.8, 4) is 0 Å². The summed E-state index contributed by atoms with van der Waals surface area (Å²) in [5.74, 6) is -1.67. The molecule has 5 heteroatoms. The summed E-state index contributed by atoms with van der Waals surface area (Å²) in [6.45, 7) is 12.7. The van der Waals surface area contributed by atoms with E-state index >= 15 is 0 Å². The summed E-state index contributed by atoms with van der Waals surface area (Å²) in [5, 5.41) is 0.0614. The smallest absolute Gasteiger partial charge is 0.320 e. The summed E-state index contributed by atoms with van der Waals surface area (Å²) in [5.41, 5.74) is 0. The van der Waals surface area contributed by atoms with E-state index in [0.717, 1.165) is 0 Å². The Balaban J connectivity index is 2.27. The predicted molar refractivity (Wildman–Crippen MR) is 78.5 cm³/mol. The van der Waals surface area contributed by atoms with E-state index in [2.05, 4.69) is 33.9 Å². The molecule has 2 aliphatic rings. The van der Waals surface area contributed by atoms with E-state index in [1.54, 1.807) is 0 Å². The number of hydrogen-bond donors (Lipinski definition) is 0. The summed E-state index contributed by atoms with van der Waals surface area (Å²) in [4.78, 5) is 23.8. The molecule has 0 saturated carbocycles. The molecule has 1 aliphatic carbocycles. The second-order valence-corrected chi connectivity index (χ2v) is 12.1. The SMILES string of the molecule is C[C@@H]1C=C[C@H](O[Si](C)(C)C(C)(C)C)[C@@H]2C(=O)OC(=O)[C@@H]21. The first-order chi connectivity index (χ1) is 9.04. The normalized spacial score (nSPS) is 34.1. The van der Waals surface area contributed by atoms with E-state index in [9.17, 15) is 9.59 Å². The van der Waals surface area contributed by atoms with Crippen molar-refractivity contribution in [1.82, 2.24) is 0 Å². The number of ether oxygens (including phenoxy) is 1. The molecule has 0 aromatic rings. The zero-order valence-corrected chi connectivity index (χ0v) is 14.1. The molecule has 1 saturated heterocycles. The lowest BCUT2D eigenvalue weighted by Gasteiger charge is -2.41. The third kappa shape index (κ3) is 2.49. The van der Waals surface area contributed by atoms with Gasteiger partial charge in [-0.25, -0.2) is 0 Å². The van der Waals surface area contributed by atoms with Crippen molar-refractivity contribution >= 4 is 20.3 Å². The number of esters is 2. The summed E-state index contributed by atoms with van der Waals surface area (Å²) in [6.07, 6.45) is 3.57. The van der Waals surface area contributed by atoms with Gasteiger partial charge in [-0.3, -0.25) is 9.59 Å². The van der Waals surface area contributed by atoms with E-state index in [1.807, 2.05) is 19.1 Å². The number of hydrogen-bond acceptors (Lipinski definition) is 4. The van der Waals surface area contributed by atoms with Gasteiger partial charge in [-0.15, -0.1) is 0 Å². The average molecular weight is 296 g/mol. The van der Waals surface area contributed by atoms with Gasteiger partial charge < -0.3 is 9.16 Å². The molecule has 0 bridgehead atoms. The lowest BCUT2D eigenvalue weighted by atomic mass is 9.77. The molecule has 112 valence electrons. The minimum Gasteiger partial charge on any atom is -0.410 e. The molecule has 1 heterocycles. The first-order valence-corrected chi connectivity index (χ1v) is 10.1. The van der Waals surface area contributed by atoms with Crippen LogP contribution in [0.1, 0.15) is 27.7 Å². The largest absolute Gasteiger partial charge is 0.410 e. The van der Waals surface area contributed by atoms with Crippen molar-refractivity contribution < 1.29 is 18.8 Å². The summed E-state index contributed by atoms with van der Waals surface area (Å²) in [7, 11) is -2.00. The molecular formula is C15H24O4Si. The van der Waals surface area contributed by atoms with E-state index in [1.165, 1.54) is 0 Å². The van der Waals surface area contributed by atoms with Gasteiger partial charge in [-0.2, -0.15) is 0 Å². The van der Waals surface area contributed by atoms with Gasteiger partial charge >= 0.3 is 11.9 Å². The highest BCUT2D eigenvalue weighted by molar-refractivity contribution is 6.74. The molecule has 4 atom stereocenters. The molecule has 0 aromatic heterocycles. The van der Waals surface area contributed by atoms with Crippen LogP contribution in [-0.2, 0) is 18.8 Å². The molecular weight excluding hydrogens is 272 g/mol. The summed E-state index contributed by atoms with van der Waals surface area (Å²) in [6, 6.07) is 0. The molecule has 20 heavy (non-hydrogen) atoms. The number of fused-ring (bicyclic) bond motifs is 1. The molecule has 1 aliphatic heterocycles. The molecule has 2 rings (SSSR count). The third-order valence-electron chi connectivity index (χ3n) is 4.89. The standard InChI is InChI=1S/C15H24O4Si/c1-9-7-8-10(19-20(5,6)15(2,3)4)12-11(9)13(16)18-14(12)17/h7-12H,1-6H3/t9-,10+,11-,12+/m1/s1. The van der Waals surface area contributed by atoms with Crippen molar-refractivity contribution in [2.24, 2.45) is 17.8 Å². The van der Waals surface area contributed by atoms with Crippen LogP contribution < -0.4 is 0 Å². The van der Waals surface area contributed by atoms with Gasteiger partial charge in [0.2, 0.25) is 0 Å². The molecule has 1 fully saturated rings. The Morgan fingerprint density at radius 3 is 2.20 bits per heavy atom. The van der Waals surface area contributed by atoms with Crippen molar-refractivity contribution in [2.45, 2.75) is 51.9 Å². The van der Waals surface area contributed by atoms with Gasteiger partial charge in [0, 0.05) is 0 Å². The second-order valence-electron chi connectivity index (χ2n) is 7.38. The highest BCUT2D eigenvalue weighted by Crippen LogP contribution is 2.43. The first kappa shape index (κ1) is 15.4. The summed E-state index contributed by atoms with van der Waals surface area (Å²) < 4.78 is 11.1. The summed E-state index contributed by atoms with van der Waals surface area (Å²) >= 11 is 0. The minimum absolute atomic E-state index is 0.0261. The lowest BCUT2D eigenvalue weighted by molar-refractivity contribution is -0.154. The topological polar surface area (TPSA) is 52.6 Å². The second kappa shape index (κ2) is 4.81. The van der Waals surface area contributed by atoms with E-state index < -0.39 is 26.2 Å². The number of allylic oxidation sites excluding steroid dienone is 1. The Morgan fingerprint density at radius 1 is 1.10 bits per heavy atom. The van der Waals surface area contributed by atoms with Gasteiger partial charge in [-0.05, 0) is 24.1 Å². The zero-order chi connectivity index (χ0) is 15.3. The van der Waals surface area contributed by atoms with Crippen LogP contribution in [0.2, 0.25) is 18.1 Å². The zero-order valence-electron chi connectivity index (χ0n) is 13.1. The van der Waals surface area contributed by atoms with Crippen molar-refractivity contribution in [3.63, 3.8) is 0 Å². The monoisotopic (exact) mass is 296 g/mol. The van der Waals surface area contributed by atoms with Gasteiger partial charge in [0.25, 0.3) is 0 Å². The van der Waals surface area contributed by atoms with Crippen LogP contribution >= 0.6 is 0 Å². The number of carbonyl (C=O) groups excluding carboxylic acids is 2. The van der Waals surface area contributed by atoms with Crippen molar-refractivity contribution in [2.75, 3.05) is 0 Å². The van der Waals surface area contributed by atoms with Crippen molar-refractivity contribution in [1.29, 1.82) is 0 Å². The van der Waals surface area contributed by atoms with Crippen LogP contribution in [0.4, 0.5) is 0 Å². The minimum atomic E-state index is -2.00. The number of carbonyl (C=O) groups is 2.